The van der Waals surface area contributed by atoms with Crippen LogP contribution in [0.15, 0.2) is 0 Å². The number of hydrogen-bond acceptors (Lipinski definition) is 4. The molecule has 0 aromatic carbocycles. The van der Waals surface area contributed by atoms with Gasteiger partial charge in [-0.1, -0.05) is 0 Å². The number of hydrogen-bond donors (Lipinski definition) is 2. The van der Waals surface area contributed by atoms with E-state index < -0.39 is 10.0 Å². The first-order chi connectivity index (χ1) is 5.97. The van der Waals surface area contributed by atoms with Gasteiger partial charge in [0.1, 0.15) is 0 Å². The first-order valence-corrected chi connectivity index (χ1v) is 6.17. The van der Waals surface area contributed by atoms with Crippen LogP contribution in [0.1, 0.15) is 12.8 Å². The second kappa shape index (κ2) is 4.36. The first-order valence-electron chi connectivity index (χ1n) is 4.46. The quantitative estimate of drug-likeness (QED) is 0.602. The molecule has 0 aromatic rings. The number of nitrogens with zero attached hydrogens (tertiary/aromatic N) is 1. The van der Waals surface area contributed by atoms with Gasteiger partial charge < -0.3 is 10.6 Å². The second-order valence-corrected chi connectivity index (χ2v) is 5.30. The summed E-state index contributed by atoms with van der Waals surface area (Å²) >= 11 is 0. The standard InChI is InChI=1S/C7H17N3O2S/c8-7-2-1-3-10(6-7)4-5-13(9,11)12/h7H,1-6,8H2,(H2,9,11,12)/t7-/m1/s1. The van der Waals surface area contributed by atoms with E-state index in [4.69, 9.17) is 10.9 Å². The lowest BCUT2D eigenvalue weighted by molar-refractivity contribution is 0.220. The lowest BCUT2D eigenvalue weighted by Gasteiger charge is -2.30. The molecule has 0 spiro atoms. The molecule has 0 aromatic heterocycles. The van der Waals surface area contributed by atoms with Crippen LogP contribution in [0.5, 0.6) is 0 Å². The maximum Gasteiger partial charge on any atom is 0.210 e. The van der Waals surface area contributed by atoms with Crippen molar-refractivity contribution in [3.05, 3.63) is 0 Å². The molecule has 13 heavy (non-hydrogen) atoms. The molecule has 1 atom stereocenters. The van der Waals surface area contributed by atoms with E-state index in [1.54, 1.807) is 0 Å². The van der Waals surface area contributed by atoms with Gasteiger partial charge in [0.05, 0.1) is 5.75 Å². The summed E-state index contributed by atoms with van der Waals surface area (Å²) in [4.78, 5) is 2.05. The number of rotatable bonds is 3. The van der Waals surface area contributed by atoms with Gasteiger partial charge >= 0.3 is 0 Å². The molecule has 0 radical (unpaired) electrons. The summed E-state index contributed by atoms with van der Waals surface area (Å²) in [5.74, 6) is 0.0275. The zero-order valence-corrected chi connectivity index (χ0v) is 8.46. The number of sulfonamides is 1. The summed E-state index contributed by atoms with van der Waals surface area (Å²) in [6, 6.07) is 0.189. The molecule has 1 aliphatic rings. The maximum absolute atomic E-state index is 10.7. The Morgan fingerprint density at radius 2 is 2.15 bits per heavy atom. The predicted octanol–water partition coefficient (Wildman–Crippen LogP) is -1.30. The fourth-order valence-corrected chi connectivity index (χ4v) is 2.06. The zero-order valence-electron chi connectivity index (χ0n) is 7.65. The Bertz CT molecular complexity index is 252. The van der Waals surface area contributed by atoms with Crippen molar-refractivity contribution in [2.45, 2.75) is 18.9 Å². The molecule has 78 valence electrons. The van der Waals surface area contributed by atoms with Crippen molar-refractivity contribution in [1.82, 2.24) is 4.90 Å². The minimum atomic E-state index is -3.32. The van der Waals surface area contributed by atoms with E-state index in [-0.39, 0.29) is 11.8 Å². The fourth-order valence-electron chi connectivity index (χ4n) is 1.55. The van der Waals surface area contributed by atoms with Crippen molar-refractivity contribution in [3.8, 4) is 0 Å². The maximum atomic E-state index is 10.7. The van der Waals surface area contributed by atoms with Crippen molar-refractivity contribution in [1.29, 1.82) is 0 Å². The van der Waals surface area contributed by atoms with Crippen LogP contribution in [0.4, 0.5) is 0 Å². The topological polar surface area (TPSA) is 89.4 Å². The van der Waals surface area contributed by atoms with Crippen LogP contribution in [0.25, 0.3) is 0 Å². The van der Waals surface area contributed by atoms with E-state index in [0.717, 1.165) is 25.9 Å². The Hall–Kier alpha value is -0.170. The number of likely N-dealkylation sites (tertiary alicyclic amines) is 1. The number of piperidine rings is 1. The zero-order chi connectivity index (χ0) is 9.90. The fraction of sp³-hybridized carbons (Fsp3) is 1.00. The third-order valence-corrected chi connectivity index (χ3v) is 2.99. The lowest BCUT2D eigenvalue weighted by atomic mass is 10.1. The molecule has 4 N–H and O–H groups in total. The minimum absolute atomic E-state index is 0.0275. The van der Waals surface area contributed by atoms with Gasteiger partial charge in [0, 0.05) is 19.1 Å². The van der Waals surface area contributed by atoms with Crippen molar-refractivity contribution < 1.29 is 8.42 Å². The highest BCUT2D eigenvalue weighted by Crippen LogP contribution is 2.07. The first kappa shape index (κ1) is 10.9. The number of primary sulfonamides is 1. The molecular formula is C7H17N3O2S. The third-order valence-electron chi connectivity index (χ3n) is 2.23. The highest BCUT2D eigenvalue weighted by Gasteiger charge is 2.17. The Balaban J connectivity index is 2.29. The largest absolute Gasteiger partial charge is 0.327 e. The monoisotopic (exact) mass is 207 g/mol. The molecule has 1 saturated heterocycles. The Morgan fingerprint density at radius 3 is 2.69 bits per heavy atom. The minimum Gasteiger partial charge on any atom is -0.327 e. The van der Waals surface area contributed by atoms with Crippen molar-refractivity contribution in [2.75, 3.05) is 25.4 Å². The Kier molecular flexibility index (Phi) is 3.66. The van der Waals surface area contributed by atoms with Crippen molar-refractivity contribution >= 4 is 10.0 Å². The molecular weight excluding hydrogens is 190 g/mol. The van der Waals surface area contributed by atoms with Crippen LogP contribution in [-0.2, 0) is 10.0 Å². The molecule has 0 amide bonds. The van der Waals surface area contributed by atoms with Crippen LogP contribution < -0.4 is 10.9 Å². The summed E-state index contributed by atoms with van der Waals surface area (Å²) in [6.45, 7) is 2.23. The SMILES string of the molecule is N[C@@H]1CCCN(CCS(N)(=O)=O)C1. The molecule has 0 bridgehead atoms. The van der Waals surface area contributed by atoms with E-state index in [0.29, 0.717) is 6.54 Å². The van der Waals surface area contributed by atoms with Crippen molar-refractivity contribution in [3.63, 3.8) is 0 Å². The molecule has 0 unspecified atom stereocenters. The van der Waals surface area contributed by atoms with Crippen LogP contribution in [-0.4, -0.2) is 44.7 Å². The van der Waals surface area contributed by atoms with E-state index >= 15 is 0 Å². The van der Waals surface area contributed by atoms with Crippen LogP contribution in [0.2, 0.25) is 0 Å². The predicted molar refractivity (Wildman–Crippen MR) is 51.6 cm³/mol. The summed E-state index contributed by atoms with van der Waals surface area (Å²) in [6.07, 6.45) is 2.08. The third kappa shape index (κ3) is 4.56. The van der Waals surface area contributed by atoms with Crippen molar-refractivity contribution in [2.24, 2.45) is 10.9 Å². The molecule has 6 heteroatoms. The van der Waals surface area contributed by atoms with Gasteiger partial charge in [0.2, 0.25) is 10.0 Å². The van der Waals surface area contributed by atoms with E-state index in [1.807, 2.05) is 0 Å². The molecule has 0 aliphatic carbocycles. The van der Waals surface area contributed by atoms with E-state index in [2.05, 4.69) is 4.90 Å². The molecule has 1 heterocycles. The average molecular weight is 207 g/mol. The molecule has 1 rings (SSSR count). The van der Waals surface area contributed by atoms with Crippen LogP contribution >= 0.6 is 0 Å². The van der Waals surface area contributed by atoms with Gasteiger partial charge in [-0.25, -0.2) is 13.6 Å². The molecule has 1 fully saturated rings. The summed E-state index contributed by atoms with van der Waals surface area (Å²) in [5.41, 5.74) is 5.74. The summed E-state index contributed by atoms with van der Waals surface area (Å²) in [7, 11) is -3.32. The average Bonchev–Trinajstić information content (AvgIpc) is 2.00. The van der Waals surface area contributed by atoms with Crippen LogP contribution in [0, 0.1) is 0 Å². The van der Waals surface area contributed by atoms with Gasteiger partial charge in [0.25, 0.3) is 0 Å². The number of nitrogens with two attached hydrogens (primary N) is 2. The van der Waals surface area contributed by atoms with E-state index in [9.17, 15) is 8.42 Å². The highest BCUT2D eigenvalue weighted by molar-refractivity contribution is 7.89. The molecule has 1 aliphatic heterocycles. The Morgan fingerprint density at radius 1 is 1.46 bits per heavy atom. The normalized spacial score (nSPS) is 26.2. The Labute approximate surface area is 79.1 Å². The lowest BCUT2D eigenvalue weighted by Crippen LogP contribution is -2.44. The second-order valence-electron chi connectivity index (χ2n) is 3.57. The van der Waals surface area contributed by atoms with Gasteiger partial charge in [-0.2, -0.15) is 0 Å². The highest BCUT2D eigenvalue weighted by atomic mass is 32.2. The van der Waals surface area contributed by atoms with Gasteiger partial charge in [-0.3, -0.25) is 0 Å². The summed E-state index contributed by atoms with van der Waals surface area (Å²) in [5, 5.41) is 4.90. The van der Waals surface area contributed by atoms with E-state index in [1.165, 1.54) is 0 Å². The van der Waals surface area contributed by atoms with Gasteiger partial charge in [0.15, 0.2) is 0 Å². The van der Waals surface area contributed by atoms with Gasteiger partial charge in [-0.05, 0) is 19.4 Å². The van der Waals surface area contributed by atoms with Gasteiger partial charge in [-0.15, -0.1) is 0 Å². The molecule has 5 nitrogen and oxygen atoms in total. The molecule has 0 saturated carbocycles. The summed E-state index contributed by atoms with van der Waals surface area (Å²) < 4.78 is 21.4. The smallest absolute Gasteiger partial charge is 0.210 e. The van der Waals surface area contributed by atoms with Crippen LogP contribution in [0.3, 0.4) is 0 Å².